The first kappa shape index (κ1) is 12.4. The summed E-state index contributed by atoms with van der Waals surface area (Å²) in [6, 6.07) is 7.67. The Bertz CT molecular complexity index is 456. The third kappa shape index (κ3) is 2.80. The molecule has 1 saturated heterocycles. The van der Waals surface area contributed by atoms with E-state index in [2.05, 4.69) is 5.32 Å². The summed E-state index contributed by atoms with van der Waals surface area (Å²) in [4.78, 5) is 24.1. The maximum atomic E-state index is 11.7. The molecule has 5 nitrogen and oxygen atoms in total. The number of aryl methyl sites for hydroxylation is 1. The molecule has 1 aliphatic heterocycles. The van der Waals surface area contributed by atoms with Crippen molar-refractivity contribution < 1.29 is 14.3 Å². The fourth-order valence-corrected chi connectivity index (χ4v) is 1.82. The van der Waals surface area contributed by atoms with Crippen molar-refractivity contribution in [1.29, 1.82) is 0 Å². The van der Waals surface area contributed by atoms with Gasteiger partial charge in [0.25, 0.3) is 0 Å². The third-order valence-corrected chi connectivity index (χ3v) is 2.80. The van der Waals surface area contributed by atoms with Crippen LogP contribution in [-0.2, 0) is 9.53 Å². The van der Waals surface area contributed by atoms with Gasteiger partial charge in [0.05, 0.1) is 13.1 Å². The van der Waals surface area contributed by atoms with Crippen LogP contribution in [0.25, 0.3) is 0 Å². The Morgan fingerprint density at radius 3 is 2.72 bits per heavy atom. The Hall–Kier alpha value is -2.04. The summed E-state index contributed by atoms with van der Waals surface area (Å²) in [6.07, 6.45) is -0.656. The number of rotatable bonds is 3. The van der Waals surface area contributed by atoms with Crippen molar-refractivity contribution in [2.75, 3.05) is 18.0 Å². The van der Waals surface area contributed by atoms with Gasteiger partial charge < -0.3 is 10.1 Å². The number of carbonyl (C=O) groups is 2. The number of nitrogens with zero attached hydrogens (tertiary/aromatic N) is 1. The molecule has 1 fully saturated rings. The van der Waals surface area contributed by atoms with E-state index >= 15 is 0 Å². The van der Waals surface area contributed by atoms with E-state index in [-0.39, 0.29) is 18.1 Å². The van der Waals surface area contributed by atoms with E-state index in [1.54, 1.807) is 4.90 Å². The van der Waals surface area contributed by atoms with E-state index in [1.807, 2.05) is 31.2 Å². The van der Waals surface area contributed by atoms with Crippen molar-refractivity contribution in [2.45, 2.75) is 20.0 Å². The first-order valence-corrected chi connectivity index (χ1v) is 5.85. The van der Waals surface area contributed by atoms with Crippen molar-refractivity contribution in [3.63, 3.8) is 0 Å². The van der Waals surface area contributed by atoms with E-state index in [0.717, 1.165) is 11.3 Å². The van der Waals surface area contributed by atoms with Crippen LogP contribution in [0.5, 0.6) is 0 Å². The highest BCUT2D eigenvalue weighted by Crippen LogP contribution is 2.21. The van der Waals surface area contributed by atoms with Gasteiger partial charge in [-0.25, -0.2) is 4.79 Å². The van der Waals surface area contributed by atoms with Crippen LogP contribution in [0.3, 0.4) is 0 Å². The molecule has 18 heavy (non-hydrogen) atoms. The lowest BCUT2D eigenvalue weighted by Gasteiger charge is -2.13. The Labute approximate surface area is 106 Å². The quantitative estimate of drug-likeness (QED) is 0.881. The summed E-state index contributed by atoms with van der Waals surface area (Å²) in [7, 11) is 0. The van der Waals surface area contributed by atoms with Crippen molar-refractivity contribution in [3.8, 4) is 0 Å². The molecular formula is C13H16N2O3. The zero-order valence-corrected chi connectivity index (χ0v) is 10.5. The van der Waals surface area contributed by atoms with Gasteiger partial charge in [0, 0.05) is 12.6 Å². The second-order valence-electron chi connectivity index (χ2n) is 4.39. The van der Waals surface area contributed by atoms with E-state index in [9.17, 15) is 9.59 Å². The number of anilines is 1. The molecule has 0 radical (unpaired) electrons. The Kier molecular flexibility index (Phi) is 3.50. The second-order valence-corrected chi connectivity index (χ2v) is 4.39. The number of ether oxygens (including phenoxy) is 1. The summed E-state index contributed by atoms with van der Waals surface area (Å²) in [6.45, 7) is 4.24. The molecule has 2 rings (SSSR count). The number of nitrogens with one attached hydrogen (secondary N) is 1. The first-order valence-electron chi connectivity index (χ1n) is 5.85. The van der Waals surface area contributed by atoms with Crippen molar-refractivity contribution in [1.82, 2.24) is 5.32 Å². The Balaban J connectivity index is 2.00. The second kappa shape index (κ2) is 5.08. The minimum Gasteiger partial charge on any atom is -0.442 e. The van der Waals surface area contributed by atoms with Crippen molar-refractivity contribution in [3.05, 3.63) is 29.8 Å². The maximum Gasteiger partial charge on any atom is 0.414 e. The summed E-state index contributed by atoms with van der Waals surface area (Å²) in [5, 5.41) is 2.65. The molecule has 0 spiro atoms. The number of hydrogen-bond donors (Lipinski definition) is 1. The molecule has 5 heteroatoms. The average molecular weight is 248 g/mol. The van der Waals surface area contributed by atoms with E-state index in [0.29, 0.717) is 13.1 Å². The minimum absolute atomic E-state index is 0.125. The van der Waals surface area contributed by atoms with Gasteiger partial charge in [-0.3, -0.25) is 9.69 Å². The number of hydrogen-bond acceptors (Lipinski definition) is 3. The van der Waals surface area contributed by atoms with Gasteiger partial charge >= 0.3 is 6.09 Å². The number of benzene rings is 1. The highest BCUT2D eigenvalue weighted by Gasteiger charge is 2.32. The molecule has 0 bridgehead atoms. The molecule has 96 valence electrons. The molecule has 1 N–H and O–H groups in total. The first-order chi connectivity index (χ1) is 8.56. The predicted molar refractivity (Wildman–Crippen MR) is 67.5 cm³/mol. The SMILES string of the molecule is CC(=O)NC[C@@H]1CN(c2ccc(C)cc2)C(=O)O1. The standard InChI is InChI=1S/C13H16N2O3/c1-9-3-5-11(6-4-9)15-8-12(18-13(15)17)7-14-10(2)16/h3-6,12H,7-8H2,1-2H3,(H,14,16)/t12-/m1/s1. The van der Waals surface area contributed by atoms with Crippen LogP contribution >= 0.6 is 0 Å². The average Bonchev–Trinajstić information content (AvgIpc) is 2.69. The summed E-state index contributed by atoms with van der Waals surface area (Å²) >= 11 is 0. The van der Waals surface area contributed by atoms with Crippen LogP contribution in [0, 0.1) is 6.92 Å². The lowest BCUT2D eigenvalue weighted by molar-refractivity contribution is -0.119. The molecule has 0 aliphatic carbocycles. The van der Waals surface area contributed by atoms with E-state index in [1.165, 1.54) is 6.92 Å². The largest absolute Gasteiger partial charge is 0.442 e. The zero-order chi connectivity index (χ0) is 13.1. The fourth-order valence-electron chi connectivity index (χ4n) is 1.82. The number of amides is 2. The number of cyclic esters (lactones) is 1. The fraction of sp³-hybridized carbons (Fsp3) is 0.385. The molecule has 1 atom stereocenters. The zero-order valence-electron chi connectivity index (χ0n) is 10.5. The van der Waals surface area contributed by atoms with Crippen molar-refractivity contribution in [2.24, 2.45) is 0 Å². The molecule has 0 unspecified atom stereocenters. The summed E-state index contributed by atoms with van der Waals surface area (Å²) in [5.74, 6) is -0.125. The van der Waals surface area contributed by atoms with E-state index in [4.69, 9.17) is 4.74 Å². The van der Waals surface area contributed by atoms with Gasteiger partial charge in [-0.05, 0) is 19.1 Å². The number of carbonyl (C=O) groups excluding carboxylic acids is 2. The lowest BCUT2D eigenvalue weighted by Crippen LogP contribution is -2.33. The molecule has 0 saturated carbocycles. The van der Waals surface area contributed by atoms with Gasteiger partial charge in [0.2, 0.25) is 5.91 Å². The van der Waals surface area contributed by atoms with Gasteiger partial charge in [-0.1, -0.05) is 17.7 Å². The molecule has 1 aliphatic rings. The van der Waals surface area contributed by atoms with Crippen molar-refractivity contribution >= 4 is 17.7 Å². The van der Waals surface area contributed by atoms with Gasteiger partial charge in [0.15, 0.2) is 0 Å². The maximum absolute atomic E-state index is 11.7. The van der Waals surface area contributed by atoms with Gasteiger partial charge in [-0.15, -0.1) is 0 Å². The van der Waals surface area contributed by atoms with Crippen LogP contribution in [0.15, 0.2) is 24.3 Å². The predicted octanol–water partition coefficient (Wildman–Crippen LogP) is 1.46. The normalized spacial score (nSPS) is 18.7. The summed E-state index contributed by atoms with van der Waals surface area (Å²) < 4.78 is 5.18. The molecular weight excluding hydrogens is 232 g/mol. The molecule has 1 heterocycles. The molecule has 2 amide bonds. The minimum atomic E-state index is -0.366. The van der Waals surface area contributed by atoms with Gasteiger partial charge in [-0.2, -0.15) is 0 Å². The Morgan fingerprint density at radius 2 is 2.11 bits per heavy atom. The molecule has 0 aromatic heterocycles. The van der Waals surface area contributed by atoms with Crippen LogP contribution < -0.4 is 10.2 Å². The van der Waals surface area contributed by atoms with E-state index < -0.39 is 0 Å². The lowest BCUT2D eigenvalue weighted by atomic mass is 10.2. The third-order valence-electron chi connectivity index (χ3n) is 2.80. The van der Waals surface area contributed by atoms with Crippen LogP contribution in [0.4, 0.5) is 10.5 Å². The highest BCUT2D eigenvalue weighted by atomic mass is 16.6. The van der Waals surface area contributed by atoms with Crippen LogP contribution in [0.2, 0.25) is 0 Å². The monoisotopic (exact) mass is 248 g/mol. The van der Waals surface area contributed by atoms with Gasteiger partial charge in [0.1, 0.15) is 6.10 Å². The molecule has 1 aromatic rings. The highest BCUT2D eigenvalue weighted by molar-refractivity contribution is 5.89. The summed E-state index contributed by atoms with van der Waals surface area (Å²) in [5.41, 5.74) is 1.96. The topological polar surface area (TPSA) is 58.6 Å². The Morgan fingerprint density at radius 1 is 1.44 bits per heavy atom. The molecule has 1 aromatic carbocycles. The smallest absolute Gasteiger partial charge is 0.414 e. The van der Waals surface area contributed by atoms with Crippen LogP contribution in [0.1, 0.15) is 12.5 Å². The van der Waals surface area contributed by atoms with Crippen LogP contribution in [-0.4, -0.2) is 31.2 Å².